The van der Waals surface area contributed by atoms with Crippen molar-refractivity contribution in [3.8, 4) is 0 Å². The van der Waals surface area contributed by atoms with Crippen LogP contribution in [0.5, 0.6) is 0 Å². The van der Waals surface area contributed by atoms with E-state index in [1.54, 1.807) is 29.2 Å². The number of nitrogens with one attached hydrogen (secondary N) is 2. The van der Waals surface area contributed by atoms with Crippen molar-refractivity contribution in [1.29, 1.82) is 0 Å². The molecular formula is C28H30ClN5O4. The predicted octanol–water partition coefficient (Wildman–Crippen LogP) is 3.68. The van der Waals surface area contributed by atoms with Gasteiger partial charge in [0.15, 0.2) is 0 Å². The molecule has 2 aliphatic rings. The van der Waals surface area contributed by atoms with Crippen molar-refractivity contribution in [3.05, 3.63) is 68.6 Å². The number of halogens is 1. The van der Waals surface area contributed by atoms with Gasteiger partial charge in [-0.25, -0.2) is 4.98 Å². The molecule has 2 N–H and O–H groups in total. The van der Waals surface area contributed by atoms with Crippen LogP contribution in [0.4, 0.5) is 5.69 Å². The molecule has 0 spiro atoms. The van der Waals surface area contributed by atoms with Crippen molar-refractivity contribution in [2.24, 2.45) is 5.41 Å². The summed E-state index contributed by atoms with van der Waals surface area (Å²) in [5, 5.41) is 6.77. The van der Waals surface area contributed by atoms with E-state index in [-0.39, 0.29) is 41.5 Å². The molecule has 0 aliphatic carbocycles. The number of hydrogen-bond donors (Lipinski definition) is 2. The highest BCUT2D eigenvalue weighted by atomic mass is 35.5. The van der Waals surface area contributed by atoms with E-state index in [0.717, 1.165) is 12.0 Å². The molecule has 9 nitrogen and oxygen atoms in total. The van der Waals surface area contributed by atoms with E-state index < -0.39 is 17.4 Å². The number of likely N-dealkylation sites (tertiary alicyclic amines) is 1. The fraction of sp³-hybridized carbons (Fsp3) is 0.393. The summed E-state index contributed by atoms with van der Waals surface area (Å²) in [6.45, 7) is 7.29. The second kappa shape index (κ2) is 9.87. The molecule has 1 aromatic carbocycles. The molecule has 0 saturated carbocycles. The molecule has 1 saturated heterocycles. The van der Waals surface area contributed by atoms with E-state index in [4.69, 9.17) is 11.6 Å². The van der Waals surface area contributed by atoms with Gasteiger partial charge in [0.2, 0.25) is 11.8 Å². The molecule has 4 heterocycles. The molecule has 1 unspecified atom stereocenters. The van der Waals surface area contributed by atoms with Crippen molar-refractivity contribution in [1.82, 2.24) is 19.8 Å². The van der Waals surface area contributed by atoms with Gasteiger partial charge in [0.1, 0.15) is 17.8 Å². The van der Waals surface area contributed by atoms with E-state index in [9.17, 15) is 19.2 Å². The SMILES string of the molecule is CCCC1C(=O)Nc2cnc3c(cc(C(=O)NCc4ccc(Cl)cc4)c(=O)n3CC(=O)N3CC(C)(C)C3)c21. The Bertz CT molecular complexity index is 1500. The fourth-order valence-electron chi connectivity index (χ4n) is 5.31. The van der Waals surface area contributed by atoms with E-state index in [2.05, 4.69) is 29.5 Å². The summed E-state index contributed by atoms with van der Waals surface area (Å²) in [4.78, 5) is 58.9. The summed E-state index contributed by atoms with van der Waals surface area (Å²) in [5.74, 6) is -1.35. The first kappa shape index (κ1) is 25.9. The topological polar surface area (TPSA) is 113 Å². The number of nitrogens with zero attached hydrogens (tertiary/aromatic N) is 3. The molecule has 3 aromatic rings. The highest BCUT2D eigenvalue weighted by Crippen LogP contribution is 2.39. The first-order valence-electron chi connectivity index (χ1n) is 12.8. The van der Waals surface area contributed by atoms with Crippen molar-refractivity contribution >= 4 is 46.0 Å². The zero-order valence-corrected chi connectivity index (χ0v) is 22.4. The number of rotatable bonds is 7. The monoisotopic (exact) mass is 535 g/mol. The number of carbonyl (C=O) groups excluding carboxylic acids is 3. The molecule has 198 valence electrons. The van der Waals surface area contributed by atoms with E-state index in [0.29, 0.717) is 41.2 Å². The number of pyridine rings is 2. The van der Waals surface area contributed by atoms with Crippen molar-refractivity contribution < 1.29 is 14.4 Å². The Morgan fingerprint density at radius 3 is 2.55 bits per heavy atom. The third-order valence-corrected chi connectivity index (χ3v) is 7.40. The molecule has 5 rings (SSSR count). The Morgan fingerprint density at radius 2 is 1.89 bits per heavy atom. The number of benzene rings is 1. The normalized spacial score (nSPS) is 17.6. The highest BCUT2D eigenvalue weighted by Gasteiger charge is 2.38. The number of aromatic nitrogens is 2. The number of hydrogen-bond acceptors (Lipinski definition) is 5. The van der Waals surface area contributed by atoms with Gasteiger partial charge in [-0.3, -0.25) is 23.7 Å². The fourth-order valence-corrected chi connectivity index (χ4v) is 5.44. The van der Waals surface area contributed by atoms with Gasteiger partial charge >= 0.3 is 0 Å². The summed E-state index contributed by atoms with van der Waals surface area (Å²) < 4.78 is 1.27. The number of anilines is 1. The van der Waals surface area contributed by atoms with E-state index >= 15 is 0 Å². The minimum atomic E-state index is -0.601. The molecule has 0 radical (unpaired) electrons. The predicted molar refractivity (Wildman–Crippen MR) is 145 cm³/mol. The number of amides is 3. The van der Waals surface area contributed by atoms with Gasteiger partial charge in [0.25, 0.3) is 11.5 Å². The number of fused-ring (bicyclic) bond motifs is 3. The smallest absolute Gasteiger partial charge is 0.265 e. The summed E-state index contributed by atoms with van der Waals surface area (Å²) >= 11 is 5.95. The first-order valence-corrected chi connectivity index (χ1v) is 13.1. The van der Waals surface area contributed by atoms with Crippen LogP contribution in [-0.4, -0.2) is 45.3 Å². The molecule has 0 bridgehead atoms. The maximum Gasteiger partial charge on any atom is 0.265 e. The lowest BCUT2D eigenvalue weighted by Gasteiger charge is -2.45. The van der Waals surface area contributed by atoms with Gasteiger partial charge in [-0.15, -0.1) is 0 Å². The van der Waals surface area contributed by atoms with Gasteiger partial charge in [0, 0.05) is 35.6 Å². The lowest BCUT2D eigenvalue weighted by Crippen LogP contribution is -2.56. The summed E-state index contributed by atoms with van der Waals surface area (Å²) in [5.41, 5.74) is 1.71. The summed E-state index contributed by atoms with van der Waals surface area (Å²) in [7, 11) is 0. The number of carbonyl (C=O) groups is 3. The van der Waals surface area contributed by atoms with Gasteiger partial charge in [0.05, 0.1) is 17.8 Å². The van der Waals surface area contributed by atoms with Crippen LogP contribution in [0.2, 0.25) is 5.02 Å². The molecule has 1 atom stereocenters. The average molecular weight is 536 g/mol. The molecule has 1 fully saturated rings. The lowest BCUT2D eigenvalue weighted by atomic mass is 9.84. The highest BCUT2D eigenvalue weighted by molar-refractivity contribution is 6.30. The van der Waals surface area contributed by atoms with Crippen LogP contribution in [0.25, 0.3) is 11.0 Å². The van der Waals surface area contributed by atoms with Gasteiger partial charge < -0.3 is 15.5 Å². The molecule has 10 heteroatoms. The van der Waals surface area contributed by atoms with Crippen molar-refractivity contribution in [2.75, 3.05) is 18.4 Å². The zero-order chi connectivity index (χ0) is 27.2. The molecule has 38 heavy (non-hydrogen) atoms. The quantitative estimate of drug-likeness (QED) is 0.479. The Hall–Kier alpha value is -3.72. The second-order valence-electron chi connectivity index (χ2n) is 10.8. The molecule has 2 aromatic heterocycles. The van der Waals surface area contributed by atoms with Crippen molar-refractivity contribution in [2.45, 2.75) is 52.6 Å². The maximum atomic E-state index is 13.6. The standard InChI is InChI=1S/C28H30ClN5O4/c1-4-5-18-23-19-10-20(25(36)31-11-16-6-8-17(29)9-7-16)27(38)34(13-22(35)33-14-28(2,3)15-33)24(19)30-12-21(23)32-26(18)37/h6-10,12,18H,4-5,11,13-15H2,1-3H3,(H,31,36)(H,32,37). The van der Waals surface area contributed by atoms with Gasteiger partial charge in [-0.1, -0.05) is 50.9 Å². The van der Waals surface area contributed by atoms with Crippen LogP contribution in [0.15, 0.2) is 41.3 Å². The Labute approximate surface area is 225 Å². The van der Waals surface area contributed by atoms with Crippen LogP contribution in [0.1, 0.15) is 61.0 Å². The minimum Gasteiger partial charge on any atom is -0.348 e. The van der Waals surface area contributed by atoms with Crippen LogP contribution in [0, 0.1) is 5.41 Å². The average Bonchev–Trinajstić information content (AvgIpc) is 3.18. The van der Waals surface area contributed by atoms with Crippen LogP contribution in [0.3, 0.4) is 0 Å². The minimum absolute atomic E-state index is 0.0323. The van der Waals surface area contributed by atoms with E-state index in [1.165, 1.54) is 16.8 Å². The first-order chi connectivity index (χ1) is 18.1. The Morgan fingerprint density at radius 1 is 1.18 bits per heavy atom. The molecule has 3 amide bonds. The second-order valence-corrected chi connectivity index (χ2v) is 11.3. The Balaban J connectivity index is 1.57. The Kier molecular flexibility index (Phi) is 6.73. The summed E-state index contributed by atoms with van der Waals surface area (Å²) in [6, 6.07) is 8.54. The largest absolute Gasteiger partial charge is 0.348 e. The molecular weight excluding hydrogens is 506 g/mol. The summed E-state index contributed by atoms with van der Waals surface area (Å²) in [6.07, 6.45) is 2.91. The van der Waals surface area contributed by atoms with Crippen molar-refractivity contribution in [3.63, 3.8) is 0 Å². The zero-order valence-electron chi connectivity index (χ0n) is 21.6. The van der Waals surface area contributed by atoms with Gasteiger partial charge in [-0.05, 0) is 35.6 Å². The third-order valence-electron chi connectivity index (χ3n) is 7.15. The van der Waals surface area contributed by atoms with Crippen LogP contribution >= 0.6 is 11.6 Å². The van der Waals surface area contributed by atoms with Crippen LogP contribution in [-0.2, 0) is 22.7 Å². The van der Waals surface area contributed by atoms with Gasteiger partial charge in [-0.2, -0.15) is 0 Å². The third kappa shape index (κ3) is 4.78. The maximum absolute atomic E-state index is 13.6. The van der Waals surface area contributed by atoms with Crippen LogP contribution < -0.4 is 16.2 Å². The lowest BCUT2D eigenvalue weighted by molar-refractivity contribution is -0.142. The molecule has 2 aliphatic heterocycles. The van der Waals surface area contributed by atoms with E-state index in [1.807, 2.05) is 6.92 Å².